The van der Waals surface area contributed by atoms with E-state index in [1.54, 1.807) is 24.3 Å². The van der Waals surface area contributed by atoms with Crippen molar-refractivity contribution >= 4 is 17.4 Å². The number of carbonyl (C=O) groups excluding carboxylic acids is 2. The lowest BCUT2D eigenvalue weighted by Gasteiger charge is -2.06. The van der Waals surface area contributed by atoms with Gasteiger partial charge in [-0.05, 0) is 37.3 Å². The molecule has 2 rings (SSSR count). The topological polar surface area (TPSA) is 64.0 Å². The van der Waals surface area contributed by atoms with Gasteiger partial charge in [-0.15, -0.1) is 0 Å². The van der Waals surface area contributed by atoms with Crippen molar-refractivity contribution in [2.24, 2.45) is 0 Å². The molecule has 116 valence electrons. The molecule has 1 aromatic carbocycles. The molecule has 5 nitrogen and oxygen atoms in total. The summed E-state index contributed by atoms with van der Waals surface area (Å²) in [5, 5.41) is 5.80. The van der Waals surface area contributed by atoms with Gasteiger partial charge in [0.15, 0.2) is 11.5 Å². The minimum Gasteiger partial charge on any atom is -0.324 e. The summed E-state index contributed by atoms with van der Waals surface area (Å²) in [7, 11) is 0. The molecule has 0 unspecified atom stereocenters. The standard InChI is InChI=1S/C14H12F3N3O2/c1-9(21)10-2-4-11(5-3-10)18-13(22)8-20-7-6-12(19-20)14(15,16)17/h2-7H,8H2,1H3,(H,18,22). The largest absolute Gasteiger partial charge is 0.435 e. The fraction of sp³-hybridized carbons (Fsp3) is 0.214. The smallest absolute Gasteiger partial charge is 0.324 e. The number of nitrogens with one attached hydrogen (secondary N) is 1. The molecule has 0 saturated carbocycles. The molecule has 8 heteroatoms. The molecular weight excluding hydrogens is 299 g/mol. The molecule has 1 heterocycles. The second-order valence-corrected chi connectivity index (χ2v) is 4.58. The van der Waals surface area contributed by atoms with E-state index in [0.29, 0.717) is 11.3 Å². The van der Waals surface area contributed by atoms with E-state index in [2.05, 4.69) is 10.4 Å². The monoisotopic (exact) mass is 311 g/mol. The van der Waals surface area contributed by atoms with E-state index < -0.39 is 17.8 Å². The van der Waals surface area contributed by atoms with Crippen LogP contribution >= 0.6 is 0 Å². The van der Waals surface area contributed by atoms with Crippen LogP contribution in [0.4, 0.5) is 18.9 Å². The lowest BCUT2D eigenvalue weighted by Crippen LogP contribution is -2.19. The van der Waals surface area contributed by atoms with Gasteiger partial charge in [0.05, 0.1) is 0 Å². The van der Waals surface area contributed by atoms with Crippen LogP contribution in [0.3, 0.4) is 0 Å². The first-order valence-corrected chi connectivity index (χ1v) is 6.27. The maximum atomic E-state index is 12.4. The van der Waals surface area contributed by atoms with Gasteiger partial charge in [0.2, 0.25) is 5.91 Å². The van der Waals surface area contributed by atoms with E-state index in [1.807, 2.05) is 0 Å². The second kappa shape index (κ2) is 6.00. The van der Waals surface area contributed by atoms with E-state index >= 15 is 0 Å². The summed E-state index contributed by atoms with van der Waals surface area (Å²) in [5.74, 6) is -0.624. The fourth-order valence-electron chi connectivity index (χ4n) is 1.74. The van der Waals surface area contributed by atoms with Gasteiger partial charge in [-0.1, -0.05) is 0 Å². The Morgan fingerprint density at radius 1 is 1.18 bits per heavy atom. The summed E-state index contributed by atoms with van der Waals surface area (Å²) in [6, 6.07) is 6.98. The third-order valence-electron chi connectivity index (χ3n) is 2.81. The van der Waals surface area contributed by atoms with Crippen LogP contribution < -0.4 is 5.32 Å². The molecule has 1 amide bonds. The van der Waals surface area contributed by atoms with Crippen molar-refractivity contribution < 1.29 is 22.8 Å². The Balaban J connectivity index is 1.98. The average molecular weight is 311 g/mol. The highest BCUT2D eigenvalue weighted by atomic mass is 19.4. The van der Waals surface area contributed by atoms with Crippen LogP contribution in [0.15, 0.2) is 36.5 Å². The van der Waals surface area contributed by atoms with E-state index in [4.69, 9.17) is 0 Å². The third-order valence-corrected chi connectivity index (χ3v) is 2.81. The lowest BCUT2D eigenvalue weighted by molar-refractivity contribution is -0.141. The number of carbonyl (C=O) groups is 2. The zero-order valence-electron chi connectivity index (χ0n) is 11.5. The van der Waals surface area contributed by atoms with Crippen LogP contribution in [0.25, 0.3) is 0 Å². The van der Waals surface area contributed by atoms with Crippen molar-refractivity contribution in [2.75, 3.05) is 5.32 Å². The summed E-state index contributed by atoms with van der Waals surface area (Å²) in [6.45, 7) is 1.08. The van der Waals surface area contributed by atoms with Crippen molar-refractivity contribution in [1.82, 2.24) is 9.78 Å². The number of rotatable bonds is 4. The second-order valence-electron chi connectivity index (χ2n) is 4.58. The Hall–Kier alpha value is -2.64. The number of ketones is 1. The third kappa shape index (κ3) is 3.94. The fourth-order valence-corrected chi connectivity index (χ4v) is 1.74. The molecule has 2 aromatic rings. The molecule has 1 N–H and O–H groups in total. The molecule has 0 aliphatic carbocycles. The van der Waals surface area contributed by atoms with Gasteiger partial charge >= 0.3 is 6.18 Å². The van der Waals surface area contributed by atoms with Crippen LogP contribution in [0.2, 0.25) is 0 Å². The summed E-state index contributed by atoms with van der Waals surface area (Å²) in [6.07, 6.45) is -3.45. The maximum Gasteiger partial charge on any atom is 0.435 e. The number of amides is 1. The van der Waals surface area contributed by atoms with Crippen molar-refractivity contribution in [3.63, 3.8) is 0 Å². The number of alkyl halides is 3. The zero-order chi connectivity index (χ0) is 16.3. The first kappa shape index (κ1) is 15.7. The van der Waals surface area contributed by atoms with Crippen molar-refractivity contribution in [3.8, 4) is 0 Å². The number of nitrogens with zero attached hydrogens (tertiary/aromatic N) is 2. The molecule has 0 spiro atoms. The van der Waals surface area contributed by atoms with Gasteiger partial charge in [-0.25, -0.2) is 0 Å². The van der Waals surface area contributed by atoms with Crippen molar-refractivity contribution in [1.29, 1.82) is 0 Å². The molecule has 0 aliphatic rings. The van der Waals surface area contributed by atoms with Crippen molar-refractivity contribution in [3.05, 3.63) is 47.8 Å². The Bertz CT molecular complexity index is 690. The maximum absolute atomic E-state index is 12.4. The van der Waals surface area contributed by atoms with Crippen LogP contribution in [0.5, 0.6) is 0 Å². The van der Waals surface area contributed by atoms with E-state index in [1.165, 1.54) is 6.92 Å². The molecule has 1 aromatic heterocycles. The van der Waals surface area contributed by atoms with Crippen LogP contribution in [-0.4, -0.2) is 21.5 Å². The zero-order valence-corrected chi connectivity index (χ0v) is 11.5. The van der Waals surface area contributed by atoms with Gasteiger partial charge < -0.3 is 5.32 Å². The van der Waals surface area contributed by atoms with Gasteiger partial charge in [0.25, 0.3) is 0 Å². The Labute approximate surface area is 123 Å². The Morgan fingerprint density at radius 2 is 1.82 bits per heavy atom. The predicted octanol–water partition coefficient (Wildman–Crippen LogP) is 2.74. The van der Waals surface area contributed by atoms with Crippen LogP contribution in [0, 0.1) is 0 Å². The molecular formula is C14H12F3N3O2. The van der Waals surface area contributed by atoms with Gasteiger partial charge in [0.1, 0.15) is 6.54 Å². The number of benzene rings is 1. The highest BCUT2D eigenvalue weighted by Crippen LogP contribution is 2.27. The quantitative estimate of drug-likeness (QED) is 0.883. The Morgan fingerprint density at radius 3 is 2.32 bits per heavy atom. The van der Waals surface area contributed by atoms with Gasteiger partial charge in [0, 0.05) is 17.4 Å². The molecule has 0 saturated heterocycles. The first-order chi connectivity index (χ1) is 10.3. The molecule has 0 atom stereocenters. The molecule has 22 heavy (non-hydrogen) atoms. The molecule has 0 bridgehead atoms. The number of anilines is 1. The normalized spacial score (nSPS) is 11.3. The number of Topliss-reactive ketones (excluding diaryl/α,β-unsaturated/α-hetero) is 1. The Kier molecular flexibility index (Phi) is 4.30. The lowest BCUT2D eigenvalue weighted by atomic mass is 10.1. The van der Waals surface area contributed by atoms with Crippen molar-refractivity contribution in [2.45, 2.75) is 19.6 Å². The summed E-state index contributed by atoms with van der Waals surface area (Å²) >= 11 is 0. The summed E-state index contributed by atoms with van der Waals surface area (Å²) in [5.41, 5.74) is -0.107. The van der Waals surface area contributed by atoms with E-state index in [-0.39, 0.29) is 12.3 Å². The van der Waals surface area contributed by atoms with Crippen LogP contribution in [0.1, 0.15) is 23.0 Å². The minimum absolute atomic E-state index is 0.103. The number of hydrogen-bond acceptors (Lipinski definition) is 3. The average Bonchev–Trinajstić information content (AvgIpc) is 2.87. The summed E-state index contributed by atoms with van der Waals surface area (Å²) < 4.78 is 38.1. The summed E-state index contributed by atoms with van der Waals surface area (Å²) in [4.78, 5) is 22.9. The number of aromatic nitrogens is 2. The molecule has 0 aliphatic heterocycles. The first-order valence-electron chi connectivity index (χ1n) is 6.27. The highest BCUT2D eigenvalue weighted by molar-refractivity contribution is 5.95. The number of hydrogen-bond donors (Lipinski definition) is 1. The number of halogens is 3. The molecule has 0 radical (unpaired) electrons. The van der Waals surface area contributed by atoms with Crippen LogP contribution in [-0.2, 0) is 17.5 Å². The predicted molar refractivity (Wildman–Crippen MR) is 72.3 cm³/mol. The van der Waals surface area contributed by atoms with E-state index in [0.717, 1.165) is 16.9 Å². The van der Waals surface area contributed by atoms with Gasteiger partial charge in [-0.3, -0.25) is 14.3 Å². The minimum atomic E-state index is -4.54. The van der Waals surface area contributed by atoms with E-state index in [9.17, 15) is 22.8 Å². The molecule has 0 fully saturated rings. The highest BCUT2D eigenvalue weighted by Gasteiger charge is 2.33. The SMILES string of the molecule is CC(=O)c1ccc(NC(=O)Cn2ccc(C(F)(F)F)n2)cc1. The van der Waals surface area contributed by atoms with Gasteiger partial charge in [-0.2, -0.15) is 18.3 Å².